The van der Waals surface area contributed by atoms with E-state index in [1.165, 1.54) is 0 Å². The van der Waals surface area contributed by atoms with E-state index in [2.05, 4.69) is 76.2 Å². The van der Waals surface area contributed by atoms with Gasteiger partial charge in [-0.3, -0.25) is 0 Å². The molecule has 0 aromatic carbocycles. The van der Waals surface area contributed by atoms with Gasteiger partial charge in [0.1, 0.15) is 0 Å². The van der Waals surface area contributed by atoms with E-state index >= 15 is 0 Å². The first-order chi connectivity index (χ1) is 19.5. The summed E-state index contributed by atoms with van der Waals surface area (Å²) in [6, 6.07) is 2.37. The van der Waals surface area contributed by atoms with E-state index in [4.69, 9.17) is 31.3 Å². The van der Waals surface area contributed by atoms with E-state index in [1.54, 1.807) is 0 Å². The molecule has 10 heteroatoms. The van der Waals surface area contributed by atoms with Crippen LogP contribution < -0.4 is 0 Å². The van der Waals surface area contributed by atoms with Crippen molar-refractivity contribution in [2.75, 3.05) is 52.9 Å². The maximum atomic E-state index is 7.59. The van der Waals surface area contributed by atoms with Crippen molar-refractivity contribution in [3.05, 3.63) is 0 Å². The lowest BCUT2D eigenvalue weighted by Gasteiger charge is -2.49. The zero-order valence-corrected chi connectivity index (χ0v) is 32.1. The van der Waals surface area contributed by atoms with Gasteiger partial charge in [-0.25, -0.2) is 0 Å². The van der Waals surface area contributed by atoms with Crippen molar-refractivity contribution in [3.63, 3.8) is 0 Å². The summed E-state index contributed by atoms with van der Waals surface area (Å²) in [6.45, 7) is 29.8. The lowest BCUT2D eigenvalue weighted by atomic mass is 10.4. The van der Waals surface area contributed by atoms with Crippen LogP contribution in [0.15, 0.2) is 0 Å². The van der Waals surface area contributed by atoms with Crippen LogP contribution in [0, 0.1) is 0 Å². The molecule has 0 aliphatic carbocycles. The number of hydrogen-bond acceptors (Lipinski definition) is 7. The Balaban J connectivity index is 6.52. The van der Waals surface area contributed by atoms with E-state index < -0.39 is 25.7 Å². The van der Waals surface area contributed by atoms with Crippen LogP contribution in [-0.2, 0) is 31.3 Å². The molecule has 0 aromatic heterocycles. The van der Waals surface area contributed by atoms with E-state index in [9.17, 15) is 0 Å². The van der Waals surface area contributed by atoms with Crippen molar-refractivity contribution in [1.82, 2.24) is 0 Å². The van der Waals surface area contributed by atoms with Gasteiger partial charge in [-0.15, -0.1) is 0 Å². The van der Waals surface area contributed by atoms with Gasteiger partial charge in [0.2, 0.25) is 0 Å². The summed E-state index contributed by atoms with van der Waals surface area (Å²) in [5.41, 5.74) is 0.718. The first-order valence-electron chi connectivity index (χ1n) is 17.0. The second-order valence-electron chi connectivity index (χ2n) is 12.1. The van der Waals surface area contributed by atoms with Crippen LogP contribution in [0.4, 0.5) is 0 Å². The number of unbranched alkanes of at least 4 members (excludes halogenated alkanes) is 3. The molecule has 0 aromatic rings. The normalized spacial score (nSPS) is 16.8. The van der Waals surface area contributed by atoms with Crippen molar-refractivity contribution < 1.29 is 31.3 Å². The second-order valence-corrected chi connectivity index (χ2v) is 24.2. The van der Waals surface area contributed by atoms with E-state index in [0.29, 0.717) is 33.0 Å². The molecule has 0 aliphatic rings. The highest BCUT2D eigenvalue weighted by Crippen LogP contribution is 2.42. The predicted octanol–water partition coefficient (Wildman–Crippen LogP) is 9.10. The molecule has 2 atom stereocenters. The van der Waals surface area contributed by atoms with Gasteiger partial charge in [0.05, 0.1) is 0 Å². The molecular weight excluding hydrogens is 569 g/mol. The zero-order valence-electron chi connectivity index (χ0n) is 29.1. The molecule has 0 amide bonds. The molecule has 0 heterocycles. The largest absolute Gasteiger partial charge is 0.414 e. The molecule has 0 radical (unpaired) electrons. The highest BCUT2D eigenvalue weighted by atomic mass is 28.5. The van der Waals surface area contributed by atoms with Crippen molar-refractivity contribution in [3.8, 4) is 0 Å². The highest BCUT2D eigenvalue weighted by Gasteiger charge is 2.57. The Morgan fingerprint density at radius 3 is 0.951 bits per heavy atom. The number of hydrogen-bond donors (Lipinski definition) is 0. The SMILES string of the molecule is CCCCOCC[Si](OCC)(O[Si](CCOCCCC)(O[Si](CCOCCCC)(OCC)C(C)C)C(C)C)C(C)C. The summed E-state index contributed by atoms with van der Waals surface area (Å²) < 4.78 is 46.9. The minimum Gasteiger partial charge on any atom is -0.414 e. The number of rotatable bonds is 29. The monoisotopic (exact) mass is 638 g/mol. The van der Waals surface area contributed by atoms with Crippen molar-refractivity contribution in [1.29, 1.82) is 0 Å². The zero-order chi connectivity index (χ0) is 31.2. The van der Waals surface area contributed by atoms with Gasteiger partial charge < -0.3 is 31.3 Å². The van der Waals surface area contributed by atoms with Crippen LogP contribution in [0.5, 0.6) is 0 Å². The first kappa shape index (κ1) is 41.4. The third-order valence-electron chi connectivity index (χ3n) is 7.82. The molecule has 248 valence electrons. The summed E-state index contributed by atoms with van der Waals surface area (Å²) in [6.07, 6.45) is 6.60. The van der Waals surface area contributed by atoms with Gasteiger partial charge >= 0.3 is 25.7 Å². The Morgan fingerprint density at radius 1 is 0.415 bits per heavy atom. The molecule has 41 heavy (non-hydrogen) atoms. The smallest absolute Gasteiger partial charge is 0.334 e. The fourth-order valence-corrected chi connectivity index (χ4v) is 20.9. The highest BCUT2D eigenvalue weighted by molar-refractivity contribution is 6.88. The minimum absolute atomic E-state index is 0.205. The van der Waals surface area contributed by atoms with Crippen LogP contribution in [0.1, 0.15) is 115 Å². The van der Waals surface area contributed by atoms with Crippen LogP contribution in [0.3, 0.4) is 0 Å². The lowest BCUT2D eigenvalue weighted by molar-refractivity contribution is 0.116. The Hall–Kier alpha value is 0.371. The number of ether oxygens (including phenoxy) is 3. The second kappa shape index (κ2) is 23.7. The van der Waals surface area contributed by atoms with Crippen molar-refractivity contribution >= 4 is 25.7 Å². The van der Waals surface area contributed by atoms with Gasteiger partial charge in [-0.05, 0) is 49.7 Å². The van der Waals surface area contributed by atoms with Crippen LogP contribution in [-0.4, -0.2) is 78.5 Å². The molecule has 0 fully saturated rings. The summed E-state index contributed by atoms with van der Waals surface area (Å²) >= 11 is 0. The Bertz CT molecular complexity index is 574. The summed E-state index contributed by atoms with van der Waals surface area (Å²) in [4.78, 5) is 0. The lowest BCUT2D eigenvalue weighted by Crippen LogP contribution is -2.64. The molecule has 2 unspecified atom stereocenters. The van der Waals surface area contributed by atoms with Crippen molar-refractivity contribution in [2.45, 2.75) is 149 Å². The maximum Gasteiger partial charge on any atom is 0.334 e. The summed E-state index contributed by atoms with van der Waals surface area (Å²) in [5, 5.41) is 0. The fourth-order valence-electron chi connectivity index (χ4n) is 4.86. The van der Waals surface area contributed by atoms with Gasteiger partial charge in [0.25, 0.3) is 0 Å². The standard InChI is InChI=1S/C31H70O7Si3/c1-12-17-20-32-23-26-39(29(6)7,35-15-4)37-41(31(10)11,28-25-34-22-19-14-3)38-40(30(8)9,36-16-5)27-24-33-21-18-13-2/h29-31H,12-28H2,1-11H3. The van der Waals surface area contributed by atoms with E-state index in [0.717, 1.165) is 76.5 Å². The summed E-state index contributed by atoms with van der Waals surface area (Å²) in [7, 11) is -8.36. The molecule has 0 N–H and O–H groups in total. The fraction of sp³-hybridized carbons (Fsp3) is 1.00. The third-order valence-corrected chi connectivity index (χ3v) is 22.9. The molecule has 0 bridgehead atoms. The topological polar surface area (TPSA) is 64.6 Å². The predicted molar refractivity (Wildman–Crippen MR) is 180 cm³/mol. The molecular formula is C31H70O7Si3. The molecule has 0 saturated heterocycles. The van der Waals surface area contributed by atoms with E-state index in [1.807, 2.05) is 0 Å². The van der Waals surface area contributed by atoms with Crippen molar-refractivity contribution in [2.24, 2.45) is 0 Å². The molecule has 0 aliphatic heterocycles. The van der Waals surface area contributed by atoms with Gasteiger partial charge in [0, 0.05) is 71.0 Å². The Morgan fingerprint density at radius 2 is 0.707 bits per heavy atom. The average Bonchev–Trinajstić information content (AvgIpc) is 2.92. The Labute approximate surface area is 258 Å². The Kier molecular flexibility index (Phi) is 23.9. The third kappa shape index (κ3) is 15.3. The van der Waals surface area contributed by atoms with Crippen LogP contribution in [0.2, 0.25) is 34.8 Å². The van der Waals surface area contributed by atoms with Gasteiger partial charge in [-0.1, -0.05) is 81.6 Å². The maximum absolute atomic E-state index is 7.59. The molecule has 0 saturated carbocycles. The molecule has 7 nitrogen and oxygen atoms in total. The summed E-state index contributed by atoms with van der Waals surface area (Å²) in [5.74, 6) is 0. The first-order valence-corrected chi connectivity index (χ1v) is 23.3. The minimum atomic E-state index is -2.92. The van der Waals surface area contributed by atoms with Crippen LogP contribution >= 0.6 is 0 Å². The van der Waals surface area contributed by atoms with Gasteiger partial charge in [0.15, 0.2) is 0 Å². The molecule has 0 rings (SSSR count). The van der Waals surface area contributed by atoms with Gasteiger partial charge in [-0.2, -0.15) is 0 Å². The molecule has 0 spiro atoms. The average molecular weight is 639 g/mol. The quantitative estimate of drug-likeness (QED) is 0.0598. The van der Waals surface area contributed by atoms with Crippen LogP contribution in [0.25, 0.3) is 0 Å². The van der Waals surface area contributed by atoms with E-state index in [-0.39, 0.29) is 16.6 Å².